The fourth-order valence-corrected chi connectivity index (χ4v) is 4.36. The Morgan fingerprint density at radius 2 is 1.59 bits per heavy atom. The van der Waals surface area contributed by atoms with Crippen LogP contribution in [0.3, 0.4) is 0 Å². The summed E-state index contributed by atoms with van der Waals surface area (Å²) in [6.07, 6.45) is 0. The minimum absolute atomic E-state index is 0.105. The molecule has 0 fully saturated rings. The smallest absolute Gasteiger partial charge is 0.261 e. The highest BCUT2D eigenvalue weighted by Crippen LogP contribution is 2.18. The molecule has 140 valence electrons. The van der Waals surface area contributed by atoms with E-state index >= 15 is 0 Å². The number of sulfonamides is 1. The van der Waals surface area contributed by atoms with E-state index in [1.54, 1.807) is 23.5 Å². The molecule has 0 radical (unpaired) electrons. The van der Waals surface area contributed by atoms with Crippen molar-refractivity contribution in [3.63, 3.8) is 0 Å². The third kappa shape index (κ3) is 4.96. The molecule has 3 aromatic rings. The molecular weight excluding hydrogens is 380 g/mol. The lowest BCUT2D eigenvalue weighted by Gasteiger charge is -2.09. The molecule has 1 aromatic heterocycles. The van der Waals surface area contributed by atoms with Gasteiger partial charge in [0.2, 0.25) is 0 Å². The summed E-state index contributed by atoms with van der Waals surface area (Å²) in [6.45, 7) is 4.40. The molecule has 0 unspecified atom stereocenters. The van der Waals surface area contributed by atoms with E-state index in [1.807, 2.05) is 38.1 Å². The van der Waals surface area contributed by atoms with Gasteiger partial charge in [-0.2, -0.15) is 0 Å². The second kappa shape index (κ2) is 7.94. The number of amides is 1. The van der Waals surface area contributed by atoms with Gasteiger partial charge in [-0.15, -0.1) is 11.3 Å². The van der Waals surface area contributed by atoms with Gasteiger partial charge in [-0.05, 0) is 62.4 Å². The number of benzene rings is 2. The van der Waals surface area contributed by atoms with Gasteiger partial charge in [-0.3, -0.25) is 9.52 Å². The van der Waals surface area contributed by atoms with Crippen molar-refractivity contribution in [2.45, 2.75) is 25.3 Å². The predicted molar refractivity (Wildman–Crippen MR) is 109 cm³/mol. The number of thiophene rings is 1. The van der Waals surface area contributed by atoms with Crippen molar-refractivity contribution < 1.29 is 13.2 Å². The van der Waals surface area contributed by atoms with Gasteiger partial charge in [0, 0.05) is 21.0 Å². The number of carbonyl (C=O) groups is 1. The zero-order valence-electron chi connectivity index (χ0n) is 15.0. The maximum Gasteiger partial charge on any atom is 0.261 e. The molecule has 7 heteroatoms. The highest BCUT2D eigenvalue weighted by molar-refractivity contribution is 7.92. The van der Waals surface area contributed by atoms with Gasteiger partial charge in [-0.25, -0.2) is 8.42 Å². The first-order valence-electron chi connectivity index (χ1n) is 8.36. The SMILES string of the molecule is Cc1ccc(NS(=O)(=O)c2ccc(C(=O)NCc3ccc(C)s3)cc2)cc1. The second-order valence-electron chi connectivity index (χ2n) is 6.19. The monoisotopic (exact) mass is 400 g/mol. The van der Waals surface area contributed by atoms with Gasteiger partial charge in [0.05, 0.1) is 11.4 Å². The summed E-state index contributed by atoms with van der Waals surface area (Å²) in [7, 11) is -3.70. The number of aryl methyl sites for hydroxylation is 2. The van der Waals surface area contributed by atoms with Crippen LogP contribution in [-0.4, -0.2) is 14.3 Å². The van der Waals surface area contributed by atoms with Crippen molar-refractivity contribution in [1.82, 2.24) is 5.32 Å². The van der Waals surface area contributed by atoms with Gasteiger partial charge in [0.1, 0.15) is 0 Å². The van der Waals surface area contributed by atoms with Crippen molar-refractivity contribution in [2.24, 2.45) is 0 Å². The van der Waals surface area contributed by atoms with Gasteiger partial charge in [0.15, 0.2) is 0 Å². The molecular formula is C20H20N2O3S2. The minimum Gasteiger partial charge on any atom is -0.347 e. The minimum atomic E-state index is -3.70. The third-order valence-electron chi connectivity index (χ3n) is 3.95. The van der Waals surface area contributed by atoms with Gasteiger partial charge in [-0.1, -0.05) is 17.7 Å². The second-order valence-corrected chi connectivity index (χ2v) is 9.25. The molecule has 0 spiro atoms. The highest BCUT2D eigenvalue weighted by atomic mass is 32.2. The summed E-state index contributed by atoms with van der Waals surface area (Å²) in [6, 6.07) is 17.0. The first kappa shape index (κ1) is 19.1. The molecule has 5 nitrogen and oxygen atoms in total. The van der Waals surface area contributed by atoms with Crippen LogP contribution < -0.4 is 10.0 Å². The topological polar surface area (TPSA) is 75.3 Å². The van der Waals surface area contributed by atoms with Crippen molar-refractivity contribution in [3.8, 4) is 0 Å². The summed E-state index contributed by atoms with van der Waals surface area (Å²) in [4.78, 5) is 14.6. The molecule has 0 saturated heterocycles. The number of carbonyl (C=O) groups excluding carboxylic acids is 1. The van der Waals surface area contributed by atoms with E-state index in [1.165, 1.54) is 29.1 Å². The van der Waals surface area contributed by atoms with Gasteiger partial charge >= 0.3 is 0 Å². The Morgan fingerprint density at radius 3 is 2.19 bits per heavy atom. The molecule has 0 bridgehead atoms. The molecule has 0 aliphatic rings. The van der Waals surface area contributed by atoms with Crippen LogP contribution >= 0.6 is 11.3 Å². The Labute approximate surface area is 163 Å². The lowest BCUT2D eigenvalue weighted by molar-refractivity contribution is 0.0951. The molecule has 0 aliphatic carbocycles. The molecule has 3 rings (SSSR count). The summed E-state index contributed by atoms with van der Waals surface area (Å²) >= 11 is 1.63. The van der Waals surface area contributed by atoms with E-state index in [0.717, 1.165) is 10.4 Å². The third-order valence-corrected chi connectivity index (χ3v) is 6.35. The molecule has 0 saturated carbocycles. The van der Waals surface area contributed by atoms with Crippen LogP contribution in [-0.2, 0) is 16.6 Å². The van der Waals surface area contributed by atoms with E-state index < -0.39 is 10.0 Å². The van der Waals surface area contributed by atoms with E-state index in [0.29, 0.717) is 17.8 Å². The fourth-order valence-electron chi connectivity index (χ4n) is 2.47. The van der Waals surface area contributed by atoms with E-state index in [2.05, 4.69) is 10.0 Å². The van der Waals surface area contributed by atoms with Crippen LogP contribution in [0.4, 0.5) is 5.69 Å². The summed E-state index contributed by atoms with van der Waals surface area (Å²) in [5.74, 6) is -0.239. The Morgan fingerprint density at radius 1 is 0.926 bits per heavy atom. The number of nitrogens with one attached hydrogen (secondary N) is 2. The predicted octanol–water partition coefficient (Wildman–Crippen LogP) is 4.10. The van der Waals surface area contributed by atoms with E-state index in [-0.39, 0.29) is 10.8 Å². The fraction of sp³-hybridized carbons (Fsp3) is 0.150. The highest BCUT2D eigenvalue weighted by Gasteiger charge is 2.15. The zero-order chi connectivity index (χ0) is 19.4. The maximum atomic E-state index is 12.5. The Balaban J connectivity index is 1.66. The molecule has 0 aliphatic heterocycles. The standard InChI is InChI=1S/C20H20N2O3S2/c1-14-3-8-17(9-4-14)22-27(24,25)19-11-6-16(7-12-19)20(23)21-13-18-10-5-15(2)26-18/h3-12,22H,13H2,1-2H3,(H,21,23). The van der Waals surface area contributed by atoms with Crippen LogP contribution in [0.5, 0.6) is 0 Å². The van der Waals surface area contributed by atoms with E-state index in [4.69, 9.17) is 0 Å². The average Bonchev–Trinajstić information content (AvgIpc) is 3.07. The summed E-state index contributed by atoms with van der Waals surface area (Å²) in [5, 5.41) is 2.84. The molecule has 27 heavy (non-hydrogen) atoms. The molecule has 1 heterocycles. The van der Waals surface area contributed by atoms with Crippen LogP contribution in [0.25, 0.3) is 0 Å². The van der Waals surface area contributed by atoms with Gasteiger partial charge < -0.3 is 5.32 Å². The summed E-state index contributed by atoms with van der Waals surface area (Å²) < 4.78 is 27.5. The first-order chi connectivity index (χ1) is 12.8. The lowest BCUT2D eigenvalue weighted by atomic mass is 10.2. The quantitative estimate of drug-likeness (QED) is 0.654. The zero-order valence-corrected chi connectivity index (χ0v) is 16.7. The normalized spacial score (nSPS) is 11.2. The number of hydrogen-bond donors (Lipinski definition) is 2. The largest absolute Gasteiger partial charge is 0.347 e. The number of rotatable bonds is 6. The molecule has 1 amide bonds. The Hall–Kier alpha value is -2.64. The molecule has 0 atom stereocenters. The van der Waals surface area contributed by atoms with Crippen molar-refractivity contribution in [2.75, 3.05) is 4.72 Å². The van der Waals surface area contributed by atoms with Crippen molar-refractivity contribution >= 4 is 33.0 Å². The van der Waals surface area contributed by atoms with Crippen molar-refractivity contribution in [3.05, 3.63) is 81.5 Å². The van der Waals surface area contributed by atoms with Gasteiger partial charge in [0.25, 0.3) is 15.9 Å². The molecule has 2 aromatic carbocycles. The Kier molecular flexibility index (Phi) is 5.62. The average molecular weight is 401 g/mol. The van der Waals surface area contributed by atoms with Crippen molar-refractivity contribution in [1.29, 1.82) is 0 Å². The number of anilines is 1. The summed E-state index contributed by atoms with van der Waals surface area (Å²) in [5.41, 5.74) is 1.96. The first-order valence-corrected chi connectivity index (χ1v) is 10.7. The van der Waals surface area contributed by atoms with Crippen LogP contribution in [0.15, 0.2) is 65.6 Å². The Bertz CT molecular complexity index is 1040. The van der Waals surface area contributed by atoms with E-state index in [9.17, 15) is 13.2 Å². The maximum absolute atomic E-state index is 12.5. The van der Waals surface area contributed by atoms with Crippen LogP contribution in [0, 0.1) is 13.8 Å². The number of hydrogen-bond acceptors (Lipinski definition) is 4. The lowest BCUT2D eigenvalue weighted by Crippen LogP contribution is -2.22. The van der Waals surface area contributed by atoms with Crippen LogP contribution in [0.2, 0.25) is 0 Å². The molecule has 2 N–H and O–H groups in total. The van der Waals surface area contributed by atoms with Crippen LogP contribution in [0.1, 0.15) is 25.7 Å².